The first-order valence-electron chi connectivity index (χ1n) is 6.55. The molecule has 1 aromatic carbocycles. The van der Waals surface area contributed by atoms with Gasteiger partial charge in [-0.25, -0.2) is 4.39 Å². The number of aliphatic hydroxyl groups is 1. The molecule has 0 radical (unpaired) electrons. The highest BCUT2D eigenvalue weighted by Crippen LogP contribution is 2.37. The van der Waals surface area contributed by atoms with Crippen molar-refractivity contribution >= 4 is 21.6 Å². The van der Waals surface area contributed by atoms with E-state index in [4.69, 9.17) is 5.11 Å². The van der Waals surface area contributed by atoms with Gasteiger partial charge in [0.25, 0.3) is 0 Å². The lowest BCUT2D eigenvalue weighted by Gasteiger charge is -2.14. The molecule has 20 heavy (non-hydrogen) atoms. The van der Waals surface area contributed by atoms with Crippen LogP contribution in [0.3, 0.4) is 0 Å². The minimum Gasteiger partial charge on any atom is -0.394 e. The van der Waals surface area contributed by atoms with Crippen LogP contribution < -0.4 is 5.32 Å². The van der Waals surface area contributed by atoms with Crippen molar-refractivity contribution in [3.05, 3.63) is 45.9 Å². The second-order valence-electron chi connectivity index (χ2n) is 4.91. The third-order valence-corrected chi connectivity index (χ3v) is 4.01. The molecular formula is C14H15BrFN3O. The second-order valence-corrected chi connectivity index (χ2v) is 5.82. The smallest absolute Gasteiger partial charge is 0.127 e. The van der Waals surface area contributed by atoms with Crippen LogP contribution in [-0.4, -0.2) is 21.5 Å². The highest BCUT2D eigenvalue weighted by molar-refractivity contribution is 9.10. The Hall–Kier alpha value is -1.40. The Kier molecular flexibility index (Phi) is 3.76. The predicted molar refractivity (Wildman–Crippen MR) is 78.1 cm³/mol. The molecule has 0 fully saturated rings. The molecule has 3 rings (SSSR count). The van der Waals surface area contributed by atoms with Crippen molar-refractivity contribution < 1.29 is 9.50 Å². The SMILES string of the molecule is OCCn1cc(NC2CCc3c(F)cc(Br)cc32)cn1. The van der Waals surface area contributed by atoms with Crippen LogP contribution in [0.15, 0.2) is 29.0 Å². The van der Waals surface area contributed by atoms with E-state index in [1.165, 1.54) is 6.07 Å². The fraction of sp³-hybridized carbons (Fsp3) is 0.357. The molecule has 0 spiro atoms. The molecule has 2 aromatic rings. The molecule has 2 N–H and O–H groups in total. The van der Waals surface area contributed by atoms with Gasteiger partial charge in [0, 0.05) is 10.7 Å². The Morgan fingerprint density at radius 1 is 1.50 bits per heavy atom. The fourth-order valence-electron chi connectivity index (χ4n) is 2.66. The first-order valence-corrected chi connectivity index (χ1v) is 7.34. The Balaban J connectivity index is 1.80. The van der Waals surface area contributed by atoms with E-state index in [1.54, 1.807) is 10.9 Å². The largest absolute Gasteiger partial charge is 0.394 e. The van der Waals surface area contributed by atoms with Gasteiger partial charge in [0.05, 0.1) is 31.1 Å². The summed E-state index contributed by atoms with van der Waals surface area (Å²) in [6.45, 7) is 0.536. The normalized spacial score (nSPS) is 17.2. The van der Waals surface area contributed by atoms with E-state index in [9.17, 15) is 4.39 Å². The maximum Gasteiger partial charge on any atom is 0.127 e. The molecular weight excluding hydrogens is 325 g/mol. The number of anilines is 1. The number of rotatable bonds is 4. The number of nitrogens with one attached hydrogen (secondary N) is 1. The van der Waals surface area contributed by atoms with E-state index in [2.05, 4.69) is 26.3 Å². The molecule has 0 bridgehead atoms. The molecule has 1 atom stereocenters. The zero-order chi connectivity index (χ0) is 14.1. The number of fused-ring (bicyclic) bond motifs is 1. The lowest BCUT2D eigenvalue weighted by Crippen LogP contribution is -2.07. The van der Waals surface area contributed by atoms with Crippen molar-refractivity contribution in [2.24, 2.45) is 0 Å². The molecule has 1 aromatic heterocycles. The highest BCUT2D eigenvalue weighted by Gasteiger charge is 2.25. The molecule has 0 saturated carbocycles. The van der Waals surface area contributed by atoms with E-state index >= 15 is 0 Å². The van der Waals surface area contributed by atoms with Gasteiger partial charge in [-0.05, 0) is 36.1 Å². The second kappa shape index (κ2) is 5.54. The minimum atomic E-state index is -0.144. The summed E-state index contributed by atoms with van der Waals surface area (Å²) >= 11 is 3.34. The van der Waals surface area contributed by atoms with E-state index in [-0.39, 0.29) is 18.5 Å². The maximum absolute atomic E-state index is 13.9. The first kappa shape index (κ1) is 13.6. The summed E-state index contributed by atoms with van der Waals surface area (Å²) in [5.41, 5.74) is 2.69. The van der Waals surface area contributed by atoms with Crippen LogP contribution in [0.4, 0.5) is 10.1 Å². The van der Waals surface area contributed by atoms with Crippen molar-refractivity contribution in [3.63, 3.8) is 0 Å². The van der Waals surface area contributed by atoms with E-state index in [1.807, 2.05) is 12.3 Å². The number of nitrogens with zero attached hydrogens (tertiary/aromatic N) is 2. The van der Waals surface area contributed by atoms with Gasteiger partial charge >= 0.3 is 0 Å². The molecule has 0 saturated heterocycles. The van der Waals surface area contributed by atoms with Gasteiger partial charge in [0.1, 0.15) is 5.82 Å². The summed E-state index contributed by atoms with van der Waals surface area (Å²) in [5, 5.41) is 16.4. The standard InChI is InChI=1S/C14H15BrFN3O/c15-9-5-12-11(13(16)6-9)1-2-14(12)18-10-7-17-19(8-10)3-4-20/h5-8,14,18,20H,1-4H2. The average Bonchev–Trinajstić information content (AvgIpc) is 2.99. The third-order valence-electron chi connectivity index (χ3n) is 3.56. The topological polar surface area (TPSA) is 50.1 Å². The molecule has 1 unspecified atom stereocenters. The predicted octanol–water partition coefficient (Wildman–Crippen LogP) is 2.88. The highest BCUT2D eigenvalue weighted by atomic mass is 79.9. The van der Waals surface area contributed by atoms with Crippen LogP contribution in [0.5, 0.6) is 0 Å². The number of benzene rings is 1. The number of halogens is 2. The fourth-order valence-corrected chi connectivity index (χ4v) is 3.10. The molecule has 0 aliphatic heterocycles. The third kappa shape index (κ3) is 2.58. The summed E-state index contributed by atoms with van der Waals surface area (Å²) in [7, 11) is 0. The number of hydrogen-bond acceptors (Lipinski definition) is 3. The van der Waals surface area contributed by atoms with Crippen LogP contribution in [0.2, 0.25) is 0 Å². The van der Waals surface area contributed by atoms with Gasteiger partial charge < -0.3 is 10.4 Å². The Morgan fingerprint density at radius 3 is 3.15 bits per heavy atom. The molecule has 1 heterocycles. The minimum absolute atomic E-state index is 0.0611. The van der Waals surface area contributed by atoms with Gasteiger partial charge in [0.15, 0.2) is 0 Å². The van der Waals surface area contributed by atoms with Crippen LogP contribution in [-0.2, 0) is 13.0 Å². The zero-order valence-corrected chi connectivity index (χ0v) is 12.4. The number of aromatic nitrogens is 2. The van der Waals surface area contributed by atoms with Gasteiger partial charge in [0.2, 0.25) is 0 Å². The summed E-state index contributed by atoms with van der Waals surface area (Å²) in [6.07, 6.45) is 5.19. The Morgan fingerprint density at radius 2 is 2.35 bits per heavy atom. The number of aliphatic hydroxyl groups excluding tert-OH is 1. The van der Waals surface area contributed by atoms with E-state index in [0.29, 0.717) is 6.54 Å². The monoisotopic (exact) mass is 339 g/mol. The van der Waals surface area contributed by atoms with Crippen LogP contribution in [0, 0.1) is 5.82 Å². The Labute approximate surface area is 124 Å². The van der Waals surface area contributed by atoms with Gasteiger partial charge in [-0.1, -0.05) is 15.9 Å². The molecule has 0 amide bonds. The summed E-state index contributed by atoms with van der Waals surface area (Å²) in [6, 6.07) is 3.59. The lowest BCUT2D eigenvalue weighted by molar-refractivity contribution is 0.269. The summed E-state index contributed by atoms with van der Waals surface area (Å²) in [4.78, 5) is 0. The molecule has 1 aliphatic rings. The van der Waals surface area contributed by atoms with Crippen molar-refractivity contribution in [1.29, 1.82) is 0 Å². The van der Waals surface area contributed by atoms with Gasteiger partial charge in [-0.2, -0.15) is 5.10 Å². The van der Waals surface area contributed by atoms with Crippen molar-refractivity contribution in [3.8, 4) is 0 Å². The Bertz CT molecular complexity index is 629. The average molecular weight is 340 g/mol. The maximum atomic E-state index is 13.9. The lowest BCUT2D eigenvalue weighted by atomic mass is 10.1. The zero-order valence-electron chi connectivity index (χ0n) is 10.8. The molecule has 1 aliphatic carbocycles. The van der Waals surface area contributed by atoms with Gasteiger partial charge in [-0.15, -0.1) is 0 Å². The van der Waals surface area contributed by atoms with Crippen molar-refractivity contribution in [2.75, 3.05) is 11.9 Å². The first-order chi connectivity index (χ1) is 9.67. The van der Waals surface area contributed by atoms with E-state index in [0.717, 1.165) is 34.1 Å². The molecule has 106 valence electrons. The van der Waals surface area contributed by atoms with Crippen molar-refractivity contribution in [1.82, 2.24) is 9.78 Å². The van der Waals surface area contributed by atoms with Crippen molar-refractivity contribution in [2.45, 2.75) is 25.4 Å². The van der Waals surface area contributed by atoms with E-state index < -0.39 is 0 Å². The van der Waals surface area contributed by atoms with Crippen LogP contribution >= 0.6 is 15.9 Å². The molecule has 6 heteroatoms. The number of hydrogen-bond donors (Lipinski definition) is 2. The van der Waals surface area contributed by atoms with Crippen LogP contribution in [0.25, 0.3) is 0 Å². The van der Waals surface area contributed by atoms with Gasteiger partial charge in [-0.3, -0.25) is 4.68 Å². The summed E-state index contributed by atoms with van der Waals surface area (Å²) < 4.78 is 16.3. The quantitative estimate of drug-likeness (QED) is 0.900. The molecule has 4 nitrogen and oxygen atoms in total. The van der Waals surface area contributed by atoms with Crippen LogP contribution in [0.1, 0.15) is 23.6 Å². The summed E-state index contributed by atoms with van der Waals surface area (Å²) in [5.74, 6) is -0.144.